The molecule has 5 nitrogen and oxygen atoms in total. The first-order chi connectivity index (χ1) is 10.9. The van der Waals surface area contributed by atoms with Crippen molar-refractivity contribution < 1.29 is 13.2 Å². The maximum absolute atomic E-state index is 11.9. The van der Waals surface area contributed by atoms with Crippen LogP contribution in [0.1, 0.15) is 16.9 Å². The van der Waals surface area contributed by atoms with Crippen LogP contribution in [0.5, 0.6) is 0 Å². The molecule has 0 saturated heterocycles. The van der Waals surface area contributed by atoms with Crippen LogP contribution in [-0.4, -0.2) is 21.4 Å². The monoisotopic (exact) mass is 372 g/mol. The summed E-state index contributed by atoms with van der Waals surface area (Å²) in [5, 5.41) is 3.46. The van der Waals surface area contributed by atoms with Gasteiger partial charge in [0, 0.05) is 16.3 Å². The number of hydrogen-bond acceptors (Lipinski definition) is 4. The van der Waals surface area contributed by atoms with Gasteiger partial charge in [0.15, 0.2) is 0 Å². The fourth-order valence-corrected chi connectivity index (χ4v) is 4.14. The Hall–Kier alpha value is -1.41. The van der Waals surface area contributed by atoms with Gasteiger partial charge < -0.3 is 5.32 Å². The zero-order valence-electron chi connectivity index (χ0n) is 12.5. The lowest BCUT2D eigenvalue weighted by atomic mass is 10.1. The van der Waals surface area contributed by atoms with Crippen molar-refractivity contribution in [1.82, 2.24) is 10.0 Å². The summed E-state index contributed by atoms with van der Waals surface area (Å²) in [6.45, 7) is 0.323. The lowest BCUT2D eigenvalue weighted by molar-refractivity contribution is -0.121. The highest BCUT2D eigenvalue weighted by Gasteiger charge is 2.14. The van der Waals surface area contributed by atoms with E-state index in [1.165, 1.54) is 13.1 Å². The Kier molecular flexibility index (Phi) is 6.17. The molecule has 0 saturated carbocycles. The van der Waals surface area contributed by atoms with Crippen LogP contribution in [0.3, 0.4) is 0 Å². The van der Waals surface area contributed by atoms with Crippen molar-refractivity contribution in [3.8, 4) is 0 Å². The fraction of sp³-hybridized carbons (Fsp3) is 0.267. The Bertz CT molecular complexity index is 770. The number of thiophene rings is 1. The highest BCUT2D eigenvalue weighted by Crippen LogP contribution is 2.21. The molecule has 0 radical (unpaired) electrons. The Labute approximate surface area is 144 Å². The summed E-state index contributed by atoms with van der Waals surface area (Å²) in [6, 6.07) is 10.6. The third-order valence-electron chi connectivity index (χ3n) is 3.18. The molecule has 1 amide bonds. The van der Waals surface area contributed by atoms with Gasteiger partial charge >= 0.3 is 0 Å². The van der Waals surface area contributed by atoms with E-state index in [0.29, 0.717) is 24.4 Å². The third kappa shape index (κ3) is 5.31. The molecule has 0 bridgehead atoms. The number of carbonyl (C=O) groups excluding carboxylic acids is 1. The van der Waals surface area contributed by atoms with Crippen LogP contribution in [0.25, 0.3) is 0 Å². The number of aryl methyl sites for hydroxylation is 1. The van der Waals surface area contributed by atoms with E-state index in [-0.39, 0.29) is 10.1 Å². The van der Waals surface area contributed by atoms with Crippen molar-refractivity contribution in [2.45, 2.75) is 23.6 Å². The fourth-order valence-electron chi connectivity index (χ4n) is 1.88. The first-order valence-corrected chi connectivity index (χ1v) is 9.62. The third-order valence-corrected chi connectivity index (χ3v) is 6.43. The second kappa shape index (κ2) is 7.92. The molecule has 124 valence electrons. The minimum absolute atomic E-state index is 0.0774. The molecule has 2 rings (SSSR count). The minimum Gasteiger partial charge on any atom is -0.351 e. The van der Waals surface area contributed by atoms with Gasteiger partial charge in [-0.05, 0) is 43.3 Å². The van der Waals surface area contributed by atoms with Crippen molar-refractivity contribution >= 4 is 38.9 Å². The average molecular weight is 373 g/mol. The van der Waals surface area contributed by atoms with Crippen molar-refractivity contribution in [1.29, 1.82) is 0 Å². The maximum atomic E-state index is 11.9. The topological polar surface area (TPSA) is 75.3 Å². The van der Waals surface area contributed by atoms with E-state index in [1.54, 1.807) is 18.2 Å². The molecule has 2 N–H and O–H groups in total. The summed E-state index contributed by atoms with van der Waals surface area (Å²) in [5.74, 6) is -0.0774. The Morgan fingerprint density at radius 1 is 1.17 bits per heavy atom. The van der Waals surface area contributed by atoms with Gasteiger partial charge in [-0.25, -0.2) is 13.1 Å². The molecule has 2 aromatic rings. The van der Waals surface area contributed by atoms with E-state index in [0.717, 1.165) is 21.8 Å². The van der Waals surface area contributed by atoms with E-state index >= 15 is 0 Å². The summed E-state index contributed by atoms with van der Waals surface area (Å²) >= 11 is 6.95. The second-order valence-corrected chi connectivity index (χ2v) is 8.55. The van der Waals surface area contributed by atoms with Crippen molar-refractivity contribution in [2.24, 2.45) is 0 Å². The number of halogens is 1. The SMILES string of the molecule is CNS(=O)(=O)c1ccc(CNC(=O)CCc2ccc(Cl)cc2)s1. The summed E-state index contributed by atoms with van der Waals surface area (Å²) < 4.78 is 25.8. The standard InChI is InChI=1S/C15H17ClN2O3S2/c1-17-23(20,21)15-9-7-13(22-15)10-18-14(19)8-4-11-2-5-12(16)6-3-11/h2-3,5-7,9,17H,4,8,10H2,1H3,(H,18,19). The molecule has 1 aromatic heterocycles. The van der Waals surface area contributed by atoms with Crippen LogP contribution in [-0.2, 0) is 27.8 Å². The molecule has 0 aliphatic rings. The predicted molar refractivity (Wildman–Crippen MR) is 92.2 cm³/mol. The maximum Gasteiger partial charge on any atom is 0.249 e. The van der Waals surface area contributed by atoms with Crippen LogP contribution in [0.15, 0.2) is 40.6 Å². The van der Waals surface area contributed by atoms with Gasteiger partial charge in [-0.2, -0.15) is 0 Å². The second-order valence-electron chi connectivity index (χ2n) is 4.83. The highest BCUT2D eigenvalue weighted by atomic mass is 35.5. The molecule has 0 atom stereocenters. The minimum atomic E-state index is -3.42. The number of rotatable bonds is 7. The molecule has 0 aliphatic heterocycles. The molecular weight excluding hydrogens is 356 g/mol. The molecule has 0 fully saturated rings. The number of sulfonamides is 1. The van der Waals surface area contributed by atoms with E-state index in [2.05, 4.69) is 10.0 Å². The lowest BCUT2D eigenvalue weighted by Gasteiger charge is -2.04. The molecule has 1 heterocycles. The van der Waals surface area contributed by atoms with Crippen LogP contribution in [0, 0.1) is 0 Å². The zero-order valence-corrected chi connectivity index (χ0v) is 14.9. The number of amides is 1. The largest absolute Gasteiger partial charge is 0.351 e. The highest BCUT2D eigenvalue weighted by molar-refractivity contribution is 7.91. The van der Waals surface area contributed by atoms with Gasteiger partial charge in [-0.3, -0.25) is 4.79 Å². The molecule has 1 aromatic carbocycles. The quantitative estimate of drug-likeness (QED) is 0.784. The van der Waals surface area contributed by atoms with Gasteiger partial charge in [0.25, 0.3) is 0 Å². The van der Waals surface area contributed by atoms with Crippen molar-refractivity contribution in [2.75, 3.05) is 7.05 Å². The van der Waals surface area contributed by atoms with E-state index in [4.69, 9.17) is 11.6 Å². The first kappa shape index (κ1) is 17.9. The Morgan fingerprint density at radius 2 is 1.87 bits per heavy atom. The first-order valence-electron chi connectivity index (χ1n) is 6.94. The normalized spacial score (nSPS) is 11.4. The number of hydrogen-bond donors (Lipinski definition) is 2. The number of nitrogens with one attached hydrogen (secondary N) is 2. The van der Waals surface area contributed by atoms with Gasteiger partial charge in [0.05, 0.1) is 6.54 Å². The van der Waals surface area contributed by atoms with E-state index in [1.807, 2.05) is 12.1 Å². The van der Waals surface area contributed by atoms with Gasteiger partial charge in [-0.15, -0.1) is 11.3 Å². The molecule has 0 unspecified atom stereocenters. The summed E-state index contributed by atoms with van der Waals surface area (Å²) in [7, 11) is -2.05. The van der Waals surface area contributed by atoms with Gasteiger partial charge in [-0.1, -0.05) is 23.7 Å². The molecule has 8 heteroatoms. The van der Waals surface area contributed by atoms with Crippen molar-refractivity contribution in [3.05, 3.63) is 51.9 Å². The summed E-state index contributed by atoms with van der Waals surface area (Å²) in [5.41, 5.74) is 1.04. The summed E-state index contributed by atoms with van der Waals surface area (Å²) in [6.07, 6.45) is 1.00. The Morgan fingerprint density at radius 3 is 2.52 bits per heavy atom. The molecule has 0 spiro atoms. The molecular formula is C15H17ClN2O3S2. The number of benzene rings is 1. The van der Waals surface area contributed by atoms with E-state index in [9.17, 15) is 13.2 Å². The lowest BCUT2D eigenvalue weighted by Crippen LogP contribution is -2.22. The van der Waals surface area contributed by atoms with Crippen LogP contribution < -0.4 is 10.0 Å². The average Bonchev–Trinajstić information content (AvgIpc) is 3.02. The van der Waals surface area contributed by atoms with Gasteiger partial charge in [0.1, 0.15) is 4.21 Å². The van der Waals surface area contributed by atoms with Crippen LogP contribution in [0.4, 0.5) is 0 Å². The van der Waals surface area contributed by atoms with Crippen LogP contribution >= 0.6 is 22.9 Å². The molecule has 0 aliphatic carbocycles. The smallest absolute Gasteiger partial charge is 0.249 e. The molecule has 23 heavy (non-hydrogen) atoms. The van der Waals surface area contributed by atoms with Crippen LogP contribution in [0.2, 0.25) is 5.02 Å². The zero-order chi connectivity index (χ0) is 16.9. The van der Waals surface area contributed by atoms with Crippen molar-refractivity contribution in [3.63, 3.8) is 0 Å². The van der Waals surface area contributed by atoms with Gasteiger partial charge in [0.2, 0.25) is 15.9 Å². The predicted octanol–water partition coefficient (Wildman–Crippen LogP) is 2.56. The summed E-state index contributed by atoms with van der Waals surface area (Å²) in [4.78, 5) is 12.6. The Balaban J connectivity index is 1.81. The number of carbonyl (C=O) groups is 1. The van der Waals surface area contributed by atoms with E-state index < -0.39 is 10.0 Å².